The van der Waals surface area contributed by atoms with Gasteiger partial charge >= 0.3 is 0 Å². The molecule has 2 heteroatoms. The molecule has 0 aromatic carbocycles. The van der Waals surface area contributed by atoms with Crippen LogP contribution in [0.2, 0.25) is 0 Å². The van der Waals surface area contributed by atoms with Gasteiger partial charge in [0.2, 0.25) is 0 Å². The molecule has 0 amide bonds. The number of hydrogen-bond donors (Lipinski definition) is 2. The van der Waals surface area contributed by atoms with E-state index in [0.29, 0.717) is 16.9 Å². The molecular formula is C26H47NO. The van der Waals surface area contributed by atoms with Crippen molar-refractivity contribution in [3.05, 3.63) is 0 Å². The van der Waals surface area contributed by atoms with Crippen molar-refractivity contribution >= 4 is 0 Å². The van der Waals surface area contributed by atoms with Crippen LogP contribution in [0.4, 0.5) is 0 Å². The van der Waals surface area contributed by atoms with Crippen LogP contribution in [0.5, 0.6) is 0 Å². The number of aliphatic hydroxyl groups is 1. The molecule has 0 heterocycles. The quantitative estimate of drug-likeness (QED) is 0.605. The molecule has 0 bridgehead atoms. The standard InChI is InChI=1S/C26H47NO/c1-17(10-13-24(2,3)28)21-8-9-22-20-7-6-18-16-19(27)11-14-25(18,4)23(20)12-15-26(21,22)5/h17-23,28H,6-16,27H2,1-5H3/t17-,18-,19+,20+,21-,22+,23+,25+,26-/m1/s1. The van der Waals surface area contributed by atoms with Gasteiger partial charge in [0.15, 0.2) is 0 Å². The third-order valence-electron chi connectivity index (χ3n) is 10.7. The van der Waals surface area contributed by atoms with Crippen LogP contribution >= 0.6 is 0 Å². The van der Waals surface area contributed by atoms with Gasteiger partial charge in [-0.3, -0.25) is 0 Å². The number of hydrogen-bond acceptors (Lipinski definition) is 2. The van der Waals surface area contributed by atoms with E-state index >= 15 is 0 Å². The van der Waals surface area contributed by atoms with E-state index in [1.807, 2.05) is 13.8 Å². The fourth-order valence-corrected chi connectivity index (χ4v) is 9.05. The summed E-state index contributed by atoms with van der Waals surface area (Å²) in [5.41, 5.74) is 6.98. The molecule has 4 aliphatic carbocycles. The normalized spacial score (nSPS) is 49.8. The lowest BCUT2D eigenvalue weighted by molar-refractivity contribution is -0.116. The largest absolute Gasteiger partial charge is 0.390 e. The molecule has 0 aromatic rings. The van der Waals surface area contributed by atoms with Crippen molar-refractivity contribution in [2.45, 2.75) is 117 Å². The molecule has 4 aliphatic rings. The van der Waals surface area contributed by atoms with Crippen molar-refractivity contribution < 1.29 is 5.11 Å². The summed E-state index contributed by atoms with van der Waals surface area (Å²) in [5, 5.41) is 10.2. The lowest BCUT2D eigenvalue weighted by Gasteiger charge is -2.61. The summed E-state index contributed by atoms with van der Waals surface area (Å²) in [6.45, 7) is 11.7. The summed E-state index contributed by atoms with van der Waals surface area (Å²) in [7, 11) is 0. The van der Waals surface area contributed by atoms with Crippen LogP contribution in [0.25, 0.3) is 0 Å². The molecule has 9 atom stereocenters. The van der Waals surface area contributed by atoms with Crippen molar-refractivity contribution in [3.63, 3.8) is 0 Å². The molecule has 2 nitrogen and oxygen atoms in total. The van der Waals surface area contributed by atoms with Crippen LogP contribution in [-0.4, -0.2) is 16.7 Å². The summed E-state index contributed by atoms with van der Waals surface area (Å²) >= 11 is 0. The maximum atomic E-state index is 10.2. The molecular weight excluding hydrogens is 342 g/mol. The molecule has 0 unspecified atom stereocenters. The van der Waals surface area contributed by atoms with Crippen molar-refractivity contribution in [2.24, 2.45) is 52.1 Å². The van der Waals surface area contributed by atoms with E-state index in [-0.39, 0.29) is 0 Å². The summed E-state index contributed by atoms with van der Waals surface area (Å²) in [5.74, 6) is 5.39. The minimum Gasteiger partial charge on any atom is -0.390 e. The Morgan fingerprint density at radius 2 is 1.64 bits per heavy atom. The molecule has 4 rings (SSSR count). The molecule has 0 radical (unpaired) electrons. The number of rotatable bonds is 4. The van der Waals surface area contributed by atoms with Gasteiger partial charge in [-0.05, 0) is 131 Å². The third-order valence-corrected chi connectivity index (χ3v) is 10.7. The van der Waals surface area contributed by atoms with Crippen LogP contribution < -0.4 is 5.73 Å². The van der Waals surface area contributed by atoms with Crippen molar-refractivity contribution in [3.8, 4) is 0 Å². The van der Waals surface area contributed by atoms with Gasteiger partial charge in [0.1, 0.15) is 0 Å². The Bertz CT molecular complexity index is 567. The minimum atomic E-state index is -0.514. The van der Waals surface area contributed by atoms with Crippen LogP contribution in [0.15, 0.2) is 0 Å². The van der Waals surface area contributed by atoms with E-state index in [4.69, 9.17) is 5.73 Å². The second-order valence-electron chi connectivity index (χ2n) is 12.7. The molecule has 4 fully saturated rings. The fourth-order valence-electron chi connectivity index (χ4n) is 9.05. The van der Waals surface area contributed by atoms with Gasteiger partial charge in [-0.25, -0.2) is 0 Å². The van der Waals surface area contributed by atoms with E-state index in [9.17, 15) is 5.11 Å². The molecule has 28 heavy (non-hydrogen) atoms. The van der Waals surface area contributed by atoms with Crippen LogP contribution in [0, 0.1) is 46.3 Å². The molecule has 0 spiro atoms. The first kappa shape index (κ1) is 21.2. The summed E-state index contributed by atoms with van der Waals surface area (Å²) in [4.78, 5) is 0. The van der Waals surface area contributed by atoms with E-state index in [1.54, 1.807) is 0 Å². The molecule has 162 valence electrons. The minimum absolute atomic E-state index is 0.468. The third kappa shape index (κ3) is 3.49. The highest BCUT2D eigenvalue weighted by Crippen LogP contribution is 2.68. The highest BCUT2D eigenvalue weighted by molar-refractivity contribution is 5.10. The Morgan fingerprint density at radius 3 is 2.36 bits per heavy atom. The molecule has 4 saturated carbocycles. The van der Waals surface area contributed by atoms with Crippen LogP contribution in [-0.2, 0) is 0 Å². The van der Waals surface area contributed by atoms with E-state index in [2.05, 4.69) is 20.8 Å². The van der Waals surface area contributed by atoms with E-state index in [1.165, 1.54) is 64.2 Å². The maximum absolute atomic E-state index is 10.2. The zero-order chi connectivity index (χ0) is 20.3. The zero-order valence-corrected chi connectivity index (χ0v) is 19.3. The first-order chi connectivity index (χ1) is 13.0. The Labute approximate surface area is 174 Å². The second kappa shape index (κ2) is 7.26. The van der Waals surface area contributed by atoms with Crippen molar-refractivity contribution in [1.82, 2.24) is 0 Å². The number of fused-ring (bicyclic) bond motifs is 5. The topological polar surface area (TPSA) is 46.2 Å². The summed E-state index contributed by atoms with van der Waals surface area (Å²) in [6, 6.07) is 0.468. The Hall–Kier alpha value is -0.0800. The van der Waals surface area contributed by atoms with Gasteiger partial charge in [-0.15, -0.1) is 0 Å². The zero-order valence-electron chi connectivity index (χ0n) is 19.3. The maximum Gasteiger partial charge on any atom is 0.0591 e. The van der Waals surface area contributed by atoms with Gasteiger partial charge in [-0.2, -0.15) is 0 Å². The Balaban J connectivity index is 1.49. The van der Waals surface area contributed by atoms with Crippen LogP contribution in [0.1, 0.15) is 105 Å². The van der Waals surface area contributed by atoms with Gasteiger partial charge in [0.25, 0.3) is 0 Å². The molecule has 0 aliphatic heterocycles. The molecule has 0 saturated heterocycles. The predicted molar refractivity (Wildman–Crippen MR) is 118 cm³/mol. The second-order valence-corrected chi connectivity index (χ2v) is 12.7. The monoisotopic (exact) mass is 389 g/mol. The summed E-state index contributed by atoms with van der Waals surface area (Å²) < 4.78 is 0. The SMILES string of the molecule is C[C@H](CCC(C)(C)O)[C@H]1CC[C@H]2[C@@H]3CC[C@@H]4C[C@@H](N)CC[C@]4(C)[C@H]3CC[C@]12C. The van der Waals surface area contributed by atoms with Gasteiger partial charge in [0, 0.05) is 6.04 Å². The smallest absolute Gasteiger partial charge is 0.0591 e. The average molecular weight is 390 g/mol. The Kier molecular flexibility index (Phi) is 5.49. The van der Waals surface area contributed by atoms with Gasteiger partial charge < -0.3 is 10.8 Å². The van der Waals surface area contributed by atoms with Crippen molar-refractivity contribution in [1.29, 1.82) is 0 Å². The average Bonchev–Trinajstić information content (AvgIpc) is 2.97. The first-order valence-corrected chi connectivity index (χ1v) is 12.5. The predicted octanol–water partition coefficient (Wildman–Crippen LogP) is 6.16. The lowest BCUT2D eigenvalue weighted by atomic mass is 9.44. The van der Waals surface area contributed by atoms with Gasteiger partial charge in [0.05, 0.1) is 5.60 Å². The number of nitrogens with two attached hydrogens (primary N) is 1. The summed E-state index contributed by atoms with van der Waals surface area (Å²) in [6.07, 6.45) is 14.8. The van der Waals surface area contributed by atoms with E-state index in [0.717, 1.165) is 41.9 Å². The highest BCUT2D eigenvalue weighted by Gasteiger charge is 2.60. The first-order valence-electron chi connectivity index (χ1n) is 12.5. The fraction of sp³-hybridized carbons (Fsp3) is 1.00. The van der Waals surface area contributed by atoms with E-state index < -0.39 is 5.60 Å². The lowest BCUT2D eigenvalue weighted by Crippen LogP contribution is -2.54. The van der Waals surface area contributed by atoms with Crippen LogP contribution in [0.3, 0.4) is 0 Å². The Morgan fingerprint density at radius 1 is 0.964 bits per heavy atom. The van der Waals surface area contributed by atoms with Crippen molar-refractivity contribution in [2.75, 3.05) is 0 Å². The molecule has 3 N–H and O–H groups in total. The van der Waals surface area contributed by atoms with Gasteiger partial charge in [-0.1, -0.05) is 20.8 Å². The molecule has 0 aromatic heterocycles. The highest BCUT2D eigenvalue weighted by atomic mass is 16.3.